The fourth-order valence-corrected chi connectivity index (χ4v) is 4.00. The van der Waals surface area contributed by atoms with Crippen LogP contribution in [0.3, 0.4) is 0 Å². The normalized spacial score (nSPS) is 18.1. The van der Waals surface area contributed by atoms with Gasteiger partial charge in [-0.3, -0.25) is 14.6 Å². The summed E-state index contributed by atoms with van der Waals surface area (Å²) in [4.78, 5) is 32.0. The van der Waals surface area contributed by atoms with Crippen molar-refractivity contribution in [2.45, 2.75) is 19.4 Å². The van der Waals surface area contributed by atoms with Crippen LogP contribution in [0.15, 0.2) is 72.9 Å². The van der Waals surface area contributed by atoms with Crippen molar-refractivity contribution in [1.82, 2.24) is 15.2 Å². The van der Waals surface area contributed by atoms with Gasteiger partial charge >= 0.3 is 0 Å². The molecule has 1 saturated heterocycles. The molecule has 0 spiro atoms. The smallest absolute Gasteiger partial charge is 0.253 e. The molecular formula is C25H24FN3O2. The van der Waals surface area contributed by atoms with Gasteiger partial charge in [-0.15, -0.1) is 0 Å². The van der Waals surface area contributed by atoms with Crippen molar-refractivity contribution in [2.24, 2.45) is 5.92 Å². The summed E-state index contributed by atoms with van der Waals surface area (Å²) in [6.45, 7) is 2.91. The minimum absolute atomic E-state index is 0.124. The number of nitrogens with one attached hydrogen (secondary N) is 1. The van der Waals surface area contributed by atoms with E-state index in [2.05, 4.69) is 10.3 Å². The van der Waals surface area contributed by atoms with Crippen molar-refractivity contribution in [1.29, 1.82) is 0 Å². The van der Waals surface area contributed by atoms with E-state index in [1.54, 1.807) is 29.3 Å². The Morgan fingerprint density at radius 3 is 2.58 bits per heavy atom. The molecule has 1 aliphatic heterocycles. The lowest BCUT2D eigenvalue weighted by Crippen LogP contribution is -2.35. The number of pyridine rings is 1. The maximum absolute atomic E-state index is 13.9. The first-order valence-corrected chi connectivity index (χ1v) is 10.3. The summed E-state index contributed by atoms with van der Waals surface area (Å²) in [5.41, 5.74) is 3.13. The third-order valence-corrected chi connectivity index (χ3v) is 5.69. The van der Waals surface area contributed by atoms with E-state index in [-0.39, 0.29) is 30.1 Å². The highest BCUT2D eigenvalue weighted by molar-refractivity contribution is 5.95. The number of benzene rings is 2. The summed E-state index contributed by atoms with van der Waals surface area (Å²) in [5, 5.41) is 2.93. The molecule has 2 aromatic carbocycles. The summed E-state index contributed by atoms with van der Waals surface area (Å²) in [5.74, 6) is -1.40. The van der Waals surface area contributed by atoms with Crippen LogP contribution in [0.1, 0.15) is 33.1 Å². The van der Waals surface area contributed by atoms with Crippen LogP contribution >= 0.6 is 0 Å². The largest absolute Gasteiger partial charge is 0.350 e. The summed E-state index contributed by atoms with van der Waals surface area (Å²) in [6, 6.07) is 19.2. The molecule has 3 aromatic rings. The average molecular weight is 417 g/mol. The molecule has 31 heavy (non-hydrogen) atoms. The van der Waals surface area contributed by atoms with E-state index < -0.39 is 5.92 Å². The number of carbonyl (C=O) groups excluding carboxylic acids is 2. The van der Waals surface area contributed by atoms with E-state index in [1.165, 1.54) is 12.1 Å². The van der Waals surface area contributed by atoms with E-state index >= 15 is 0 Å². The highest BCUT2D eigenvalue weighted by Gasteiger charge is 2.40. The quantitative estimate of drug-likeness (QED) is 0.689. The van der Waals surface area contributed by atoms with Gasteiger partial charge in [0.1, 0.15) is 5.82 Å². The van der Waals surface area contributed by atoms with Gasteiger partial charge in [0.2, 0.25) is 5.91 Å². The molecule has 4 rings (SSSR count). The molecule has 0 aliphatic carbocycles. The van der Waals surface area contributed by atoms with Crippen LogP contribution in [-0.2, 0) is 11.3 Å². The fourth-order valence-electron chi connectivity index (χ4n) is 4.00. The SMILES string of the molecule is Cc1ccc(C(=O)N2C[C@@H](C(=O)NCc3ccccn3)[C@H](c3cccc(F)c3)C2)cc1. The molecule has 1 N–H and O–H groups in total. The lowest BCUT2D eigenvalue weighted by molar-refractivity contribution is -0.125. The number of hydrogen-bond donors (Lipinski definition) is 1. The van der Waals surface area contributed by atoms with Crippen molar-refractivity contribution in [2.75, 3.05) is 13.1 Å². The summed E-state index contributed by atoms with van der Waals surface area (Å²) >= 11 is 0. The zero-order valence-electron chi connectivity index (χ0n) is 17.3. The summed E-state index contributed by atoms with van der Waals surface area (Å²) in [6.07, 6.45) is 1.68. The zero-order valence-corrected chi connectivity index (χ0v) is 17.3. The molecule has 0 radical (unpaired) electrons. The van der Waals surface area contributed by atoms with Crippen LogP contribution in [0.25, 0.3) is 0 Å². The van der Waals surface area contributed by atoms with E-state index in [0.29, 0.717) is 18.7 Å². The second-order valence-corrected chi connectivity index (χ2v) is 7.88. The van der Waals surface area contributed by atoms with Crippen LogP contribution in [0, 0.1) is 18.7 Å². The number of hydrogen-bond acceptors (Lipinski definition) is 3. The van der Waals surface area contributed by atoms with E-state index in [0.717, 1.165) is 16.8 Å². The van der Waals surface area contributed by atoms with Crippen molar-refractivity contribution in [3.8, 4) is 0 Å². The van der Waals surface area contributed by atoms with Crippen LogP contribution in [0.2, 0.25) is 0 Å². The predicted molar refractivity (Wildman–Crippen MR) is 116 cm³/mol. The molecule has 158 valence electrons. The maximum Gasteiger partial charge on any atom is 0.253 e. The van der Waals surface area contributed by atoms with Gasteiger partial charge in [0.25, 0.3) is 5.91 Å². The third kappa shape index (κ3) is 4.79. The third-order valence-electron chi connectivity index (χ3n) is 5.69. The molecule has 5 nitrogen and oxygen atoms in total. The van der Waals surface area contributed by atoms with E-state index in [9.17, 15) is 14.0 Å². The van der Waals surface area contributed by atoms with Gasteiger partial charge in [-0.1, -0.05) is 35.9 Å². The van der Waals surface area contributed by atoms with Crippen molar-refractivity contribution in [3.05, 3.63) is 101 Å². The Bertz CT molecular complexity index is 1070. The van der Waals surface area contributed by atoms with E-state index in [4.69, 9.17) is 0 Å². The van der Waals surface area contributed by atoms with Gasteiger partial charge in [-0.2, -0.15) is 0 Å². The first-order valence-electron chi connectivity index (χ1n) is 10.3. The Kier molecular flexibility index (Phi) is 6.07. The van der Waals surface area contributed by atoms with Gasteiger partial charge < -0.3 is 10.2 Å². The molecule has 6 heteroatoms. The monoisotopic (exact) mass is 417 g/mol. The number of likely N-dealkylation sites (tertiary alicyclic amines) is 1. The van der Waals surface area contributed by atoms with Gasteiger partial charge in [0.05, 0.1) is 18.2 Å². The van der Waals surface area contributed by atoms with Crippen molar-refractivity contribution >= 4 is 11.8 Å². The Morgan fingerprint density at radius 2 is 1.87 bits per heavy atom. The lowest BCUT2D eigenvalue weighted by atomic mass is 9.88. The number of aryl methyl sites for hydroxylation is 1. The molecule has 2 heterocycles. The van der Waals surface area contributed by atoms with Crippen molar-refractivity contribution in [3.63, 3.8) is 0 Å². The zero-order chi connectivity index (χ0) is 21.8. The summed E-state index contributed by atoms with van der Waals surface area (Å²) in [7, 11) is 0. The van der Waals surface area contributed by atoms with Gasteiger partial charge in [-0.05, 0) is 48.9 Å². The molecule has 1 fully saturated rings. The average Bonchev–Trinajstić information content (AvgIpc) is 3.24. The van der Waals surface area contributed by atoms with Crippen LogP contribution in [0.4, 0.5) is 4.39 Å². The Hall–Kier alpha value is -3.54. The number of nitrogens with zero attached hydrogens (tertiary/aromatic N) is 2. The van der Waals surface area contributed by atoms with Gasteiger partial charge in [0.15, 0.2) is 0 Å². The first kappa shape index (κ1) is 20.7. The molecule has 2 atom stereocenters. The molecule has 0 bridgehead atoms. The number of halogens is 1. The van der Waals surface area contributed by atoms with Crippen molar-refractivity contribution < 1.29 is 14.0 Å². The molecule has 2 amide bonds. The lowest BCUT2D eigenvalue weighted by Gasteiger charge is -2.18. The van der Waals surface area contributed by atoms with Crippen LogP contribution in [0.5, 0.6) is 0 Å². The highest BCUT2D eigenvalue weighted by Crippen LogP contribution is 2.34. The predicted octanol–water partition coefficient (Wildman–Crippen LogP) is 3.70. The minimum Gasteiger partial charge on any atom is -0.350 e. The second kappa shape index (κ2) is 9.08. The second-order valence-electron chi connectivity index (χ2n) is 7.88. The highest BCUT2D eigenvalue weighted by atomic mass is 19.1. The maximum atomic E-state index is 13.9. The van der Waals surface area contributed by atoms with Gasteiger partial charge in [-0.25, -0.2) is 4.39 Å². The summed E-state index contributed by atoms with van der Waals surface area (Å²) < 4.78 is 13.9. The van der Waals surface area contributed by atoms with Crippen LogP contribution < -0.4 is 5.32 Å². The molecular weight excluding hydrogens is 393 g/mol. The van der Waals surface area contributed by atoms with E-state index in [1.807, 2.05) is 43.3 Å². The van der Waals surface area contributed by atoms with Gasteiger partial charge in [0, 0.05) is 30.8 Å². The molecule has 0 unspecified atom stereocenters. The number of amides is 2. The minimum atomic E-state index is -0.472. The molecule has 1 aliphatic rings. The number of carbonyl (C=O) groups is 2. The topological polar surface area (TPSA) is 62.3 Å². The number of aromatic nitrogens is 1. The number of rotatable bonds is 5. The first-order chi connectivity index (χ1) is 15.0. The molecule has 0 saturated carbocycles. The Morgan fingerprint density at radius 1 is 1.06 bits per heavy atom. The standard InChI is InChI=1S/C25H24FN3O2/c1-17-8-10-18(11-9-17)25(31)29-15-22(19-5-4-6-20(26)13-19)23(16-29)24(30)28-14-21-7-2-3-12-27-21/h2-13,22-23H,14-16H2,1H3,(H,28,30)/t22-,23+/m0/s1. The Balaban J connectivity index is 1.55. The molecule has 1 aromatic heterocycles. The fraction of sp³-hybridized carbons (Fsp3) is 0.240. The Labute approximate surface area is 180 Å². The van der Waals surface area contributed by atoms with Crippen LogP contribution in [-0.4, -0.2) is 34.8 Å².